The van der Waals surface area contributed by atoms with Gasteiger partial charge in [0.05, 0.1) is 6.10 Å². The maximum absolute atomic E-state index is 10.1. The predicted octanol–water partition coefficient (Wildman–Crippen LogP) is 4.24. The van der Waals surface area contributed by atoms with Gasteiger partial charge in [0.1, 0.15) is 0 Å². The van der Waals surface area contributed by atoms with Crippen molar-refractivity contribution in [3.63, 3.8) is 0 Å². The Bertz CT molecular complexity index is 398. The third kappa shape index (κ3) is 4.29. The van der Waals surface area contributed by atoms with Crippen LogP contribution in [0.15, 0.2) is 40.4 Å². The lowest BCUT2D eigenvalue weighted by Gasteiger charge is -2.16. The Kier molecular flexibility index (Phi) is 4.81. The van der Waals surface area contributed by atoms with Gasteiger partial charge in [-0.05, 0) is 56.2 Å². The zero-order chi connectivity index (χ0) is 12.1. The highest BCUT2D eigenvalue weighted by molar-refractivity contribution is 9.10. The SMILES string of the molecule is OC(CC1=CCCCC1)Cc1cccc(Br)c1. The van der Waals surface area contributed by atoms with E-state index in [9.17, 15) is 5.11 Å². The second-order valence-corrected chi connectivity index (χ2v) is 5.72. The van der Waals surface area contributed by atoms with E-state index in [1.807, 2.05) is 12.1 Å². The third-order valence-corrected chi connectivity index (χ3v) is 3.74. The monoisotopic (exact) mass is 294 g/mol. The van der Waals surface area contributed by atoms with Crippen LogP contribution in [0.2, 0.25) is 0 Å². The molecule has 1 nitrogen and oxygen atoms in total. The van der Waals surface area contributed by atoms with E-state index in [1.165, 1.54) is 36.8 Å². The average Bonchev–Trinajstić information content (AvgIpc) is 2.30. The van der Waals surface area contributed by atoms with Crippen LogP contribution in [0.25, 0.3) is 0 Å². The molecule has 1 aromatic rings. The molecule has 0 saturated carbocycles. The molecule has 1 aromatic carbocycles. The van der Waals surface area contributed by atoms with Gasteiger partial charge in [0.15, 0.2) is 0 Å². The number of allylic oxidation sites excluding steroid dienone is 1. The summed E-state index contributed by atoms with van der Waals surface area (Å²) < 4.78 is 1.08. The zero-order valence-electron chi connectivity index (χ0n) is 10.0. The zero-order valence-corrected chi connectivity index (χ0v) is 11.6. The van der Waals surface area contributed by atoms with E-state index in [0.29, 0.717) is 0 Å². The first kappa shape index (κ1) is 12.8. The van der Waals surface area contributed by atoms with Crippen LogP contribution in [0.3, 0.4) is 0 Å². The van der Waals surface area contributed by atoms with Gasteiger partial charge in [0.25, 0.3) is 0 Å². The first-order valence-electron chi connectivity index (χ1n) is 6.34. The summed E-state index contributed by atoms with van der Waals surface area (Å²) in [6, 6.07) is 8.19. The molecule has 1 aliphatic carbocycles. The lowest BCUT2D eigenvalue weighted by atomic mass is 9.93. The van der Waals surface area contributed by atoms with Gasteiger partial charge in [0.2, 0.25) is 0 Å². The Balaban J connectivity index is 1.88. The van der Waals surface area contributed by atoms with Crippen molar-refractivity contribution in [2.75, 3.05) is 0 Å². The molecule has 0 radical (unpaired) electrons. The van der Waals surface area contributed by atoms with E-state index >= 15 is 0 Å². The number of aliphatic hydroxyl groups is 1. The van der Waals surface area contributed by atoms with Crippen molar-refractivity contribution < 1.29 is 5.11 Å². The van der Waals surface area contributed by atoms with Crippen LogP contribution in [0.5, 0.6) is 0 Å². The van der Waals surface area contributed by atoms with Gasteiger partial charge in [0, 0.05) is 4.47 Å². The quantitative estimate of drug-likeness (QED) is 0.824. The molecule has 1 unspecified atom stereocenters. The number of hydrogen-bond acceptors (Lipinski definition) is 1. The highest BCUT2D eigenvalue weighted by atomic mass is 79.9. The van der Waals surface area contributed by atoms with Gasteiger partial charge in [-0.25, -0.2) is 0 Å². The van der Waals surface area contributed by atoms with Crippen LogP contribution in [0.4, 0.5) is 0 Å². The summed E-state index contributed by atoms with van der Waals surface area (Å²) in [6.07, 6.45) is 8.63. The number of rotatable bonds is 4. The van der Waals surface area contributed by atoms with Crippen molar-refractivity contribution >= 4 is 15.9 Å². The first-order valence-corrected chi connectivity index (χ1v) is 7.14. The summed E-state index contributed by atoms with van der Waals surface area (Å²) in [4.78, 5) is 0. The molecule has 1 N–H and O–H groups in total. The Morgan fingerprint density at radius 3 is 2.82 bits per heavy atom. The molecule has 0 aliphatic heterocycles. The van der Waals surface area contributed by atoms with Crippen LogP contribution in [-0.2, 0) is 6.42 Å². The highest BCUT2D eigenvalue weighted by Crippen LogP contribution is 2.23. The molecule has 0 fully saturated rings. The Hall–Kier alpha value is -0.600. The molecule has 0 saturated heterocycles. The van der Waals surface area contributed by atoms with Gasteiger partial charge >= 0.3 is 0 Å². The van der Waals surface area contributed by atoms with Crippen molar-refractivity contribution in [1.82, 2.24) is 0 Å². The van der Waals surface area contributed by atoms with Crippen molar-refractivity contribution in [1.29, 1.82) is 0 Å². The lowest BCUT2D eigenvalue weighted by molar-refractivity contribution is 0.173. The molecule has 17 heavy (non-hydrogen) atoms. The number of hydrogen-bond donors (Lipinski definition) is 1. The molecule has 0 bridgehead atoms. The van der Waals surface area contributed by atoms with Gasteiger partial charge in [-0.3, -0.25) is 0 Å². The molecule has 92 valence electrons. The van der Waals surface area contributed by atoms with Gasteiger partial charge < -0.3 is 5.11 Å². The van der Waals surface area contributed by atoms with E-state index in [2.05, 4.69) is 34.1 Å². The van der Waals surface area contributed by atoms with Crippen molar-refractivity contribution in [2.45, 2.75) is 44.6 Å². The largest absolute Gasteiger partial charge is 0.392 e. The summed E-state index contributed by atoms with van der Waals surface area (Å²) in [7, 11) is 0. The minimum absolute atomic E-state index is 0.242. The Labute approximate surface area is 112 Å². The fraction of sp³-hybridized carbons (Fsp3) is 0.467. The molecule has 1 aliphatic rings. The second-order valence-electron chi connectivity index (χ2n) is 4.80. The first-order chi connectivity index (χ1) is 8.24. The van der Waals surface area contributed by atoms with Gasteiger partial charge in [-0.1, -0.05) is 39.7 Å². The summed E-state index contributed by atoms with van der Waals surface area (Å²) in [5, 5.41) is 10.1. The third-order valence-electron chi connectivity index (χ3n) is 3.24. The molecule has 2 rings (SSSR count). The Morgan fingerprint density at radius 2 is 2.12 bits per heavy atom. The summed E-state index contributed by atoms with van der Waals surface area (Å²) in [5.41, 5.74) is 2.64. The Morgan fingerprint density at radius 1 is 1.24 bits per heavy atom. The fourth-order valence-corrected chi connectivity index (χ4v) is 2.85. The molecule has 0 amide bonds. The predicted molar refractivity (Wildman–Crippen MR) is 75.0 cm³/mol. The molecule has 0 aromatic heterocycles. The topological polar surface area (TPSA) is 20.2 Å². The van der Waals surface area contributed by atoms with Crippen LogP contribution in [0.1, 0.15) is 37.7 Å². The lowest BCUT2D eigenvalue weighted by Crippen LogP contribution is -2.12. The van der Waals surface area contributed by atoms with Crippen molar-refractivity contribution in [3.05, 3.63) is 46.0 Å². The van der Waals surface area contributed by atoms with E-state index in [1.54, 1.807) is 0 Å². The minimum atomic E-state index is -0.242. The summed E-state index contributed by atoms with van der Waals surface area (Å²) in [5.74, 6) is 0. The number of benzene rings is 1. The van der Waals surface area contributed by atoms with Crippen molar-refractivity contribution in [2.24, 2.45) is 0 Å². The summed E-state index contributed by atoms with van der Waals surface area (Å²) >= 11 is 3.46. The van der Waals surface area contributed by atoms with Crippen LogP contribution in [0, 0.1) is 0 Å². The number of aliphatic hydroxyl groups excluding tert-OH is 1. The normalized spacial score (nSPS) is 17.6. The number of halogens is 1. The maximum atomic E-state index is 10.1. The standard InChI is InChI=1S/C15H19BrO/c16-14-8-4-7-13(9-14)11-15(17)10-12-5-2-1-3-6-12/h4-5,7-9,15,17H,1-3,6,10-11H2. The highest BCUT2D eigenvalue weighted by Gasteiger charge is 2.11. The fourth-order valence-electron chi connectivity index (χ4n) is 2.40. The molecule has 0 heterocycles. The minimum Gasteiger partial charge on any atom is -0.392 e. The smallest absolute Gasteiger partial charge is 0.0617 e. The second kappa shape index (κ2) is 6.36. The van der Waals surface area contributed by atoms with E-state index in [-0.39, 0.29) is 6.10 Å². The molecule has 0 spiro atoms. The van der Waals surface area contributed by atoms with Crippen LogP contribution >= 0.6 is 15.9 Å². The average molecular weight is 295 g/mol. The van der Waals surface area contributed by atoms with Crippen molar-refractivity contribution in [3.8, 4) is 0 Å². The van der Waals surface area contributed by atoms with E-state index in [4.69, 9.17) is 0 Å². The molecular formula is C15H19BrO. The van der Waals surface area contributed by atoms with Gasteiger partial charge in [-0.15, -0.1) is 0 Å². The molecule has 2 heteroatoms. The molecular weight excluding hydrogens is 276 g/mol. The van der Waals surface area contributed by atoms with Gasteiger partial charge in [-0.2, -0.15) is 0 Å². The van der Waals surface area contributed by atoms with E-state index < -0.39 is 0 Å². The van der Waals surface area contributed by atoms with Crippen LogP contribution < -0.4 is 0 Å². The maximum Gasteiger partial charge on any atom is 0.0617 e. The summed E-state index contributed by atoms with van der Waals surface area (Å²) in [6.45, 7) is 0. The molecule has 1 atom stereocenters. The van der Waals surface area contributed by atoms with E-state index in [0.717, 1.165) is 17.3 Å². The van der Waals surface area contributed by atoms with Crippen LogP contribution in [-0.4, -0.2) is 11.2 Å².